The summed E-state index contributed by atoms with van der Waals surface area (Å²) in [6, 6.07) is 2.77. The molecule has 0 radical (unpaired) electrons. The van der Waals surface area contributed by atoms with Crippen molar-refractivity contribution in [2.75, 3.05) is 32.4 Å². The van der Waals surface area contributed by atoms with Crippen LogP contribution in [0.25, 0.3) is 10.9 Å². The van der Waals surface area contributed by atoms with Gasteiger partial charge in [-0.15, -0.1) is 0 Å². The number of carbonyl (C=O) groups is 2. The molecule has 1 fully saturated rings. The normalized spacial score (nSPS) is 14.3. The standard InChI is InChI=1S/C21H18F6N6O2/c1-31(9-21(25,26)27)18(34)8-33-16-4-14(23)13(22)2-12(16)19(30-33)10-6-32(7-10)20(35)11-3-17(28)29-5-15(11)24/h2-5,10H,6-9H2,1H3,(H2,28,29). The zero-order valence-corrected chi connectivity index (χ0v) is 18.1. The van der Waals surface area contributed by atoms with Gasteiger partial charge >= 0.3 is 6.18 Å². The maximum Gasteiger partial charge on any atom is 0.406 e. The van der Waals surface area contributed by atoms with Crippen molar-refractivity contribution in [2.45, 2.75) is 18.6 Å². The Bertz CT molecular complexity index is 1320. The molecule has 0 saturated carbocycles. The number of halogens is 6. The Labute approximate surface area is 193 Å². The van der Waals surface area contributed by atoms with Crippen molar-refractivity contribution >= 4 is 28.5 Å². The number of hydrogen-bond acceptors (Lipinski definition) is 5. The van der Waals surface area contributed by atoms with Crippen LogP contribution >= 0.6 is 0 Å². The maximum atomic E-state index is 14.0. The molecule has 3 aromatic rings. The first-order valence-electron chi connectivity index (χ1n) is 10.2. The number of amides is 2. The molecule has 0 bridgehead atoms. The fourth-order valence-corrected chi connectivity index (χ4v) is 3.83. The summed E-state index contributed by atoms with van der Waals surface area (Å²) in [6.45, 7) is -2.04. The molecule has 186 valence electrons. The summed E-state index contributed by atoms with van der Waals surface area (Å²) in [6.07, 6.45) is -3.79. The zero-order chi connectivity index (χ0) is 25.7. The van der Waals surface area contributed by atoms with Crippen molar-refractivity contribution in [3.05, 3.63) is 53.1 Å². The molecule has 8 nitrogen and oxygen atoms in total. The smallest absolute Gasteiger partial charge is 0.384 e. The molecule has 0 atom stereocenters. The van der Waals surface area contributed by atoms with Gasteiger partial charge < -0.3 is 15.5 Å². The lowest BCUT2D eigenvalue weighted by Crippen LogP contribution is -2.49. The van der Waals surface area contributed by atoms with Crippen LogP contribution in [0.15, 0.2) is 24.4 Å². The number of aromatic nitrogens is 3. The Balaban J connectivity index is 1.58. The summed E-state index contributed by atoms with van der Waals surface area (Å²) in [5.74, 6) is -5.39. The van der Waals surface area contributed by atoms with Crippen LogP contribution < -0.4 is 5.73 Å². The third kappa shape index (κ3) is 4.86. The summed E-state index contributed by atoms with van der Waals surface area (Å²) >= 11 is 0. The molecule has 1 saturated heterocycles. The number of alkyl halides is 3. The predicted octanol–water partition coefficient (Wildman–Crippen LogP) is 2.69. The summed E-state index contributed by atoms with van der Waals surface area (Å²) in [4.78, 5) is 30.2. The van der Waals surface area contributed by atoms with Gasteiger partial charge in [-0.05, 0) is 12.1 Å². The number of nitrogen functional groups attached to an aromatic ring is 1. The van der Waals surface area contributed by atoms with E-state index in [1.807, 2.05) is 0 Å². The number of nitrogens with zero attached hydrogens (tertiary/aromatic N) is 5. The SMILES string of the molecule is CN(CC(F)(F)F)C(=O)Cn1nc(C2CN(C(=O)c3cc(N)ncc3F)C2)c2cc(F)c(F)cc21. The maximum absolute atomic E-state index is 14.0. The summed E-state index contributed by atoms with van der Waals surface area (Å²) < 4.78 is 80.7. The summed E-state index contributed by atoms with van der Waals surface area (Å²) in [7, 11) is 0.961. The number of benzene rings is 1. The van der Waals surface area contributed by atoms with Crippen LogP contribution in [0.5, 0.6) is 0 Å². The quantitative estimate of drug-likeness (QED) is 0.544. The lowest BCUT2D eigenvalue weighted by atomic mass is 9.93. The predicted molar refractivity (Wildman–Crippen MR) is 111 cm³/mol. The second-order valence-electron chi connectivity index (χ2n) is 8.19. The van der Waals surface area contributed by atoms with Crippen molar-refractivity contribution in [1.82, 2.24) is 24.6 Å². The monoisotopic (exact) mass is 500 g/mol. The van der Waals surface area contributed by atoms with Crippen LogP contribution in [0.1, 0.15) is 22.0 Å². The highest BCUT2D eigenvalue weighted by atomic mass is 19.4. The second kappa shape index (κ2) is 8.74. The lowest BCUT2D eigenvalue weighted by molar-refractivity contribution is -0.158. The average molecular weight is 500 g/mol. The number of pyridine rings is 1. The van der Waals surface area contributed by atoms with Crippen LogP contribution in [0.2, 0.25) is 0 Å². The number of nitrogens with two attached hydrogens (primary N) is 1. The van der Waals surface area contributed by atoms with Crippen molar-refractivity contribution in [1.29, 1.82) is 0 Å². The van der Waals surface area contributed by atoms with Crippen LogP contribution in [0, 0.1) is 17.5 Å². The molecule has 2 N–H and O–H groups in total. The van der Waals surface area contributed by atoms with E-state index >= 15 is 0 Å². The Kier molecular flexibility index (Phi) is 6.07. The Morgan fingerprint density at radius 3 is 2.43 bits per heavy atom. The molecule has 4 rings (SSSR count). The molecule has 0 aliphatic carbocycles. The Morgan fingerprint density at radius 2 is 1.77 bits per heavy atom. The van der Waals surface area contributed by atoms with E-state index in [-0.39, 0.29) is 41.1 Å². The van der Waals surface area contributed by atoms with Gasteiger partial charge in [-0.25, -0.2) is 18.2 Å². The van der Waals surface area contributed by atoms with E-state index in [0.717, 1.165) is 36.1 Å². The Morgan fingerprint density at radius 1 is 1.11 bits per heavy atom. The van der Waals surface area contributed by atoms with Gasteiger partial charge in [0, 0.05) is 37.5 Å². The highest BCUT2D eigenvalue weighted by molar-refractivity contribution is 5.96. The summed E-state index contributed by atoms with van der Waals surface area (Å²) in [5, 5.41) is 4.37. The largest absolute Gasteiger partial charge is 0.406 e. The third-order valence-corrected chi connectivity index (χ3v) is 5.61. The highest BCUT2D eigenvalue weighted by Gasteiger charge is 2.37. The first-order chi connectivity index (χ1) is 16.3. The van der Waals surface area contributed by atoms with Gasteiger partial charge in [0.15, 0.2) is 17.5 Å². The van der Waals surface area contributed by atoms with Gasteiger partial charge in [0.2, 0.25) is 5.91 Å². The molecule has 0 unspecified atom stereocenters. The number of fused-ring (bicyclic) bond motifs is 1. The molecule has 2 amide bonds. The van der Waals surface area contributed by atoms with Gasteiger partial charge in [0.1, 0.15) is 18.9 Å². The molecule has 1 aliphatic heterocycles. The van der Waals surface area contributed by atoms with Crippen molar-refractivity contribution in [2.24, 2.45) is 0 Å². The van der Waals surface area contributed by atoms with Gasteiger partial charge in [-0.3, -0.25) is 14.3 Å². The van der Waals surface area contributed by atoms with E-state index in [2.05, 4.69) is 10.1 Å². The van der Waals surface area contributed by atoms with Crippen LogP contribution in [0.3, 0.4) is 0 Å². The molecule has 1 aromatic carbocycles. The number of likely N-dealkylation sites (tertiary alicyclic amines) is 1. The van der Waals surface area contributed by atoms with Crippen LogP contribution in [0.4, 0.5) is 32.2 Å². The topological polar surface area (TPSA) is 97.4 Å². The van der Waals surface area contributed by atoms with Gasteiger partial charge in [-0.2, -0.15) is 18.3 Å². The third-order valence-electron chi connectivity index (χ3n) is 5.61. The number of likely N-dealkylation sites (N-methyl/N-ethyl adjacent to an activating group) is 1. The number of hydrogen-bond donors (Lipinski definition) is 1. The van der Waals surface area contributed by atoms with Gasteiger partial charge in [0.25, 0.3) is 5.91 Å². The zero-order valence-electron chi connectivity index (χ0n) is 18.1. The molecule has 1 aliphatic rings. The minimum atomic E-state index is -4.61. The molecule has 0 spiro atoms. The highest BCUT2D eigenvalue weighted by Crippen LogP contribution is 2.34. The number of carbonyl (C=O) groups excluding carboxylic acids is 2. The second-order valence-corrected chi connectivity index (χ2v) is 8.19. The molecule has 35 heavy (non-hydrogen) atoms. The van der Waals surface area contributed by atoms with Crippen molar-refractivity contribution in [3.8, 4) is 0 Å². The fraction of sp³-hybridized carbons (Fsp3) is 0.333. The molecule has 2 aromatic heterocycles. The van der Waals surface area contributed by atoms with E-state index in [0.29, 0.717) is 4.90 Å². The van der Waals surface area contributed by atoms with Gasteiger partial charge in [-0.1, -0.05) is 0 Å². The fourth-order valence-electron chi connectivity index (χ4n) is 3.83. The van der Waals surface area contributed by atoms with E-state index in [1.165, 1.54) is 4.90 Å². The molecule has 14 heteroatoms. The van der Waals surface area contributed by atoms with Crippen molar-refractivity contribution in [3.63, 3.8) is 0 Å². The van der Waals surface area contributed by atoms with Crippen LogP contribution in [-0.4, -0.2) is 69.2 Å². The first kappa shape index (κ1) is 24.3. The first-order valence-corrected chi connectivity index (χ1v) is 10.2. The van der Waals surface area contributed by atoms with E-state index in [4.69, 9.17) is 5.73 Å². The van der Waals surface area contributed by atoms with Crippen LogP contribution in [-0.2, 0) is 11.3 Å². The van der Waals surface area contributed by atoms with E-state index < -0.39 is 54.4 Å². The molecule has 3 heterocycles. The number of anilines is 1. The average Bonchev–Trinajstić information content (AvgIpc) is 3.04. The minimum Gasteiger partial charge on any atom is -0.384 e. The summed E-state index contributed by atoms with van der Waals surface area (Å²) in [5.41, 5.74) is 5.46. The Hall–Kier alpha value is -3.84. The molecular formula is C21H18F6N6O2. The van der Waals surface area contributed by atoms with Crippen molar-refractivity contribution < 1.29 is 35.9 Å². The number of rotatable bonds is 5. The minimum absolute atomic E-state index is 0.00499. The molecular weight excluding hydrogens is 482 g/mol. The van der Waals surface area contributed by atoms with E-state index in [1.54, 1.807) is 0 Å². The van der Waals surface area contributed by atoms with Gasteiger partial charge in [0.05, 0.1) is 23.0 Å². The van der Waals surface area contributed by atoms with E-state index in [9.17, 15) is 35.9 Å². The lowest BCUT2D eigenvalue weighted by Gasteiger charge is -2.38.